The SMILES string of the molecule is c1ccc(-c2ccc(N(c3ccc(-c4c5ccccc5cc5ccccc45)cc3)c3ccc(-c4cc5ccccc5c5ccccc45)cc3)cc2)cc1. The first-order chi connectivity index (χ1) is 26.3. The average Bonchev–Trinajstić information content (AvgIpc) is 3.24. The van der Waals surface area contributed by atoms with Gasteiger partial charge in [0.25, 0.3) is 0 Å². The van der Waals surface area contributed by atoms with Crippen LogP contribution in [0.25, 0.3) is 76.5 Å². The highest BCUT2D eigenvalue weighted by Gasteiger charge is 2.16. The van der Waals surface area contributed by atoms with E-state index < -0.39 is 0 Å². The van der Waals surface area contributed by atoms with E-state index >= 15 is 0 Å². The van der Waals surface area contributed by atoms with Crippen LogP contribution in [0.2, 0.25) is 0 Å². The number of nitrogens with zero attached hydrogens (tertiary/aromatic N) is 1. The number of hydrogen-bond donors (Lipinski definition) is 0. The Labute approximate surface area is 309 Å². The van der Waals surface area contributed by atoms with Crippen LogP contribution in [0.3, 0.4) is 0 Å². The van der Waals surface area contributed by atoms with Crippen molar-refractivity contribution in [1.82, 2.24) is 0 Å². The van der Waals surface area contributed by atoms with Crippen molar-refractivity contribution >= 4 is 60.2 Å². The van der Waals surface area contributed by atoms with Crippen molar-refractivity contribution in [3.8, 4) is 33.4 Å². The van der Waals surface area contributed by atoms with E-state index in [-0.39, 0.29) is 0 Å². The molecule has 0 saturated carbocycles. The van der Waals surface area contributed by atoms with Gasteiger partial charge < -0.3 is 4.90 Å². The Balaban J connectivity index is 1.09. The highest BCUT2D eigenvalue weighted by atomic mass is 15.1. The van der Waals surface area contributed by atoms with Crippen LogP contribution in [0, 0.1) is 0 Å². The highest BCUT2D eigenvalue weighted by Crippen LogP contribution is 2.41. The second kappa shape index (κ2) is 13.0. The van der Waals surface area contributed by atoms with Gasteiger partial charge in [0.1, 0.15) is 0 Å². The van der Waals surface area contributed by atoms with Crippen molar-refractivity contribution in [1.29, 1.82) is 0 Å². The fourth-order valence-electron chi connectivity index (χ4n) is 8.07. The third-order valence-corrected chi connectivity index (χ3v) is 10.6. The molecule has 0 fully saturated rings. The molecule has 0 aliphatic carbocycles. The van der Waals surface area contributed by atoms with Gasteiger partial charge in [-0.2, -0.15) is 0 Å². The van der Waals surface area contributed by atoms with Crippen LogP contribution < -0.4 is 4.90 Å². The number of benzene rings is 10. The van der Waals surface area contributed by atoms with Crippen LogP contribution >= 0.6 is 0 Å². The van der Waals surface area contributed by atoms with E-state index in [9.17, 15) is 0 Å². The van der Waals surface area contributed by atoms with Crippen molar-refractivity contribution in [2.45, 2.75) is 0 Å². The predicted molar refractivity (Wildman–Crippen MR) is 227 cm³/mol. The molecule has 0 aliphatic rings. The number of rotatable bonds is 6. The number of anilines is 3. The van der Waals surface area contributed by atoms with Crippen molar-refractivity contribution in [2.24, 2.45) is 0 Å². The van der Waals surface area contributed by atoms with Crippen LogP contribution in [-0.2, 0) is 0 Å². The Hall–Kier alpha value is -6.96. The Morgan fingerprint density at radius 3 is 1.21 bits per heavy atom. The standard InChI is InChI=1S/C52H35N/c1-2-12-36(13-3-1)37-22-28-43(29-23-37)53(44-30-24-38(25-31-44)51-35-42-16-4-7-17-46(42)49-20-10-11-21-50(49)51)45-32-26-39(27-33-45)52-47-18-8-5-14-40(47)34-41-15-6-9-19-48(41)52/h1-35H. The smallest absolute Gasteiger partial charge is 0.0462 e. The first kappa shape index (κ1) is 30.8. The summed E-state index contributed by atoms with van der Waals surface area (Å²) in [5, 5.41) is 10.1. The van der Waals surface area contributed by atoms with Crippen LogP contribution in [-0.4, -0.2) is 0 Å². The molecule has 0 atom stereocenters. The minimum atomic E-state index is 1.11. The molecule has 0 saturated heterocycles. The van der Waals surface area contributed by atoms with Gasteiger partial charge in [0.05, 0.1) is 0 Å². The zero-order valence-electron chi connectivity index (χ0n) is 29.2. The molecule has 0 bridgehead atoms. The lowest BCUT2D eigenvalue weighted by atomic mass is 9.92. The minimum absolute atomic E-state index is 1.11. The predicted octanol–water partition coefficient (Wildman–Crippen LogP) is 14.8. The van der Waals surface area contributed by atoms with E-state index in [1.165, 1.54) is 76.5 Å². The van der Waals surface area contributed by atoms with Gasteiger partial charge in [-0.15, -0.1) is 0 Å². The molecular formula is C52H35N. The van der Waals surface area contributed by atoms with Crippen molar-refractivity contribution < 1.29 is 0 Å². The van der Waals surface area contributed by atoms with Crippen molar-refractivity contribution in [2.75, 3.05) is 4.90 Å². The molecule has 0 spiro atoms. The molecule has 0 amide bonds. The second-order valence-electron chi connectivity index (χ2n) is 13.7. The van der Waals surface area contributed by atoms with E-state index in [0.29, 0.717) is 0 Å². The molecular weight excluding hydrogens is 639 g/mol. The van der Waals surface area contributed by atoms with E-state index in [1.54, 1.807) is 0 Å². The maximum absolute atomic E-state index is 2.36. The van der Waals surface area contributed by atoms with E-state index in [4.69, 9.17) is 0 Å². The van der Waals surface area contributed by atoms with Gasteiger partial charge in [-0.05, 0) is 125 Å². The van der Waals surface area contributed by atoms with Crippen LogP contribution in [0.15, 0.2) is 212 Å². The largest absolute Gasteiger partial charge is 0.311 e. The first-order valence-electron chi connectivity index (χ1n) is 18.3. The Morgan fingerprint density at radius 1 is 0.245 bits per heavy atom. The summed E-state index contributed by atoms with van der Waals surface area (Å²) < 4.78 is 0. The zero-order valence-corrected chi connectivity index (χ0v) is 29.2. The Morgan fingerprint density at radius 2 is 0.642 bits per heavy atom. The summed E-state index contributed by atoms with van der Waals surface area (Å²) in [7, 11) is 0. The molecule has 1 heteroatoms. The summed E-state index contributed by atoms with van der Waals surface area (Å²) in [6, 6.07) is 77.2. The summed E-state index contributed by atoms with van der Waals surface area (Å²) >= 11 is 0. The topological polar surface area (TPSA) is 3.24 Å². The number of fused-ring (bicyclic) bond motifs is 5. The molecule has 1 nitrogen and oxygen atoms in total. The molecule has 248 valence electrons. The average molecular weight is 674 g/mol. The van der Waals surface area contributed by atoms with Gasteiger partial charge in [0.15, 0.2) is 0 Å². The summed E-state index contributed by atoms with van der Waals surface area (Å²) in [5.74, 6) is 0. The van der Waals surface area contributed by atoms with Crippen LogP contribution in [0.1, 0.15) is 0 Å². The molecule has 0 aliphatic heterocycles. The van der Waals surface area contributed by atoms with Gasteiger partial charge in [-0.25, -0.2) is 0 Å². The van der Waals surface area contributed by atoms with Crippen molar-refractivity contribution in [3.63, 3.8) is 0 Å². The normalized spacial score (nSPS) is 11.4. The fraction of sp³-hybridized carbons (Fsp3) is 0. The first-order valence-corrected chi connectivity index (χ1v) is 18.3. The molecule has 10 rings (SSSR count). The Kier molecular flexibility index (Phi) is 7.55. The molecule has 10 aromatic carbocycles. The molecule has 53 heavy (non-hydrogen) atoms. The fourth-order valence-corrected chi connectivity index (χ4v) is 8.07. The van der Waals surface area contributed by atoms with Gasteiger partial charge in [-0.1, -0.05) is 164 Å². The minimum Gasteiger partial charge on any atom is -0.311 e. The second-order valence-corrected chi connectivity index (χ2v) is 13.7. The molecule has 0 unspecified atom stereocenters. The lowest BCUT2D eigenvalue weighted by Crippen LogP contribution is -2.09. The Bertz CT molecular complexity index is 2850. The maximum atomic E-state index is 2.36. The monoisotopic (exact) mass is 673 g/mol. The van der Waals surface area contributed by atoms with Gasteiger partial charge in [0, 0.05) is 17.1 Å². The molecule has 0 radical (unpaired) electrons. The molecule has 0 N–H and O–H groups in total. The maximum Gasteiger partial charge on any atom is 0.0462 e. The summed E-state index contributed by atoms with van der Waals surface area (Å²) in [6.45, 7) is 0. The third kappa shape index (κ3) is 5.51. The van der Waals surface area contributed by atoms with Crippen LogP contribution in [0.4, 0.5) is 17.1 Å². The quantitative estimate of drug-likeness (QED) is 0.125. The lowest BCUT2D eigenvalue weighted by Gasteiger charge is -2.26. The van der Waals surface area contributed by atoms with E-state index in [0.717, 1.165) is 17.1 Å². The number of hydrogen-bond acceptors (Lipinski definition) is 1. The summed E-state index contributed by atoms with van der Waals surface area (Å²) in [5.41, 5.74) is 10.7. The van der Waals surface area contributed by atoms with Crippen LogP contribution in [0.5, 0.6) is 0 Å². The summed E-state index contributed by atoms with van der Waals surface area (Å²) in [6.07, 6.45) is 0. The third-order valence-electron chi connectivity index (χ3n) is 10.6. The van der Waals surface area contributed by atoms with E-state index in [2.05, 4.69) is 217 Å². The highest BCUT2D eigenvalue weighted by molar-refractivity contribution is 6.14. The lowest BCUT2D eigenvalue weighted by molar-refractivity contribution is 1.28. The summed E-state index contributed by atoms with van der Waals surface area (Å²) in [4.78, 5) is 2.36. The molecule has 0 heterocycles. The van der Waals surface area contributed by atoms with Gasteiger partial charge in [0.2, 0.25) is 0 Å². The molecule has 0 aromatic heterocycles. The molecule has 10 aromatic rings. The zero-order chi connectivity index (χ0) is 35.1. The van der Waals surface area contributed by atoms with Crippen molar-refractivity contribution in [3.05, 3.63) is 212 Å². The van der Waals surface area contributed by atoms with Gasteiger partial charge in [-0.3, -0.25) is 0 Å². The van der Waals surface area contributed by atoms with E-state index in [1.807, 2.05) is 0 Å². The van der Waals surface area contributed by atoms with Gasteiger partial charge >= 0.3 is 0 Å².